The Labute approximate surface area is 103 Å². The van der Waals surface area contributed by atoms with E-state index in [0.29, 0.717) is 25.2 Å². The predicted molar refractivity (Wildman–Crippen MR) is 67.2 cm³/mol. The zero-order valence-corrected chi connectivity index (χ0v) is 10.5. The highest BCUT2D eigenvalue weighted by Gasteiger charge is 2.24. The number of amides is 1. The number of nitrogens with one attached hydrogen (secondary N) is 1. The van der Waals surface area contributed by atoms with Gasteiger partial charge in [-0.05, 0) is 25.7 Å². The average Bonchev–Trinajstić information content (AvgIpc) is 2.58. The standard InChI is InChI=1S/C13H24N2O2/c16-13(17)15-9-7-12(8-10-15)14-11-5-3-1-2-4-6-11/h11-12,14H,1-10H2,(H,16,17). The molecule has 1 aliphatic heterocycles. The lowest BCUT2D eigenvalue weighted by Crippen LogP contribution is -2.47. The molecule has 4 heteroatoms. The second-order valence-corrected chi connectivity index (χ2v) is 5.40. The summed E-state index contributed by atoms with van der Waals surface area (Å²) in [5.74, 6) is 0. The summed E-state index contributed by atoms with van der Waals surface area (Å²) < 4.78 is 0. The molecule has 1 heterocycles. The highest BCUT2D eigenvalue weighted by atomic mass is 16.4. The van der Waals surface area contributed by atoms with Gasteiger partial charge >= 0.3 is 6.09 Å². The highest BCUT2D eigenvalue weighted by molar-refractivity contribution is 5.65. The normalized spacial score (nSPS) is 24.6. The lowest BCUT2D eigenvalue weighted by Gasteiger charge is -2.33. The van der Waals surface area contributed by atoms with Crippen LogP contribution in [0.25, 0.3) is 0 Å². The van der Waals surface area contributed by atoms with Gasteiger partial charge < -0.3 is 15.3 Å². The fraction of sp³-hybridized carbons (Fsp3) is 0.923. The van der Waals surface area contributed by atoms with E-state index >= 15 is 0 Å². The van der Waals surface area contributed by atoms with Crippen molar-refractivity contribution >= 4 is 6.09 Å². The van der Waals surface area contributed by atoms with E-state index in [-0.39, 0.29) is 0 Å². The summed E-state index contributed by atoms with van der Waals surface area (Å²) in [6.07, 6.45) is 9.27. The molecular weight excluding hydrogens is 216 g/mol. The monoisotopic (exact) mass is 240 g/mol. The smallest absolute Gasteiger partial charge is 0.407 e. The largest absolute Gasteiger partial charge is 0.465 e. The van der Waals surface area contributed by atoms with E-state index in [2.05, 4.69) is 5.32 Å². The summed E-state index contributed by atoms with van der Waals surface area (Å²) in [5.41, 5.74) is 0. The van der Waals surface area contributed by atoms with Gasteiger partial charge in [-0.1, -0.05) is 25.7 Å². The van der Waals surface area contributed by atoms with Crippen molar-refractivity contribution in [1.29, 1.82) is 0 Å². The number of nitrogens with zero attached hydrogens (tertiary/aromatic N) is 1. The number of piperidine rings is 1. The third kappa shape index (κ3) is 3.87. The van der Waals surface area contributed by atoms with Gasteiger partial charge in [0.1, 0.15) is 0 Å². The van der Waals surface area contributed by atoms with Gasteiger partial charge in [-0.3, -0.25) is 0 Å². The van der Waals surface area contributed by atoms with Crippen LogP contribution >= 0.6 is 0 Å². The molecule has 98 valence electrons. The molecule has 1 aliphatic carbocycles. The molecule has 2 aliphatic rings. The molecule has 0 spiro atoms. The fourth-order valence-electron chi connectivity index (χ4n) is 3.02. The summed E-state index contributed by atoms with van der Waals surface area (Å²) in [4.78, 5) is 12.3. The van der Waals surface area contributed by atoms with E-state index in [4.69, 9.17) is 5.11 Å². The number of hydrogen-bond acceptors (Lipinski definition) is 2. The first-order valence-corrected chi connectivity index (χ1v) is 6.99. The summed E-state index contributed by atoms with van der Waals surface area (Å²) >= 11 is 0. The summed E-state index contributed by atoms with van der Waals surface area (Å²) in [6, 6.07) is 1.22. The maximum absolute atomic E-state index is 10.8. The predicted octanol–water partition coefficient (Wildman–Crippen LogP) is 2.44. The van der Waals surface area contributed by atoms with Crippen molar-refractivity contribution in [1.82, 2.24) is 10.2 Å². The van der Waals surface area contributed by atoms with Crippen LogP contribution in [0.2, 0.25) is 0 Å². The van der Waals surface area contributed by atoms with Crippen LogP contribution < -0.4 is 5.32 Å². The van der Waals surface area contributed by atoms with E-state index in [1.54, 1.807) is 0 Å². The van der Waals surface area contributed by atoms with Gasteiger partial charge in [-0.2, -0.15) is 0 Å². The molecule has 1 amide bonds. The van der Waals surface area contributed by atoms with Gasteiger partial charge in [-0.25, -0.2) is 4.79 Å². The zero-order chi connectivity index (χ0) is 12.1. The van der Waals surface area contributed by atoms with Crippen LogP contribution in [0.4, 0.5) is 4.79 Å². The molecule has 0 aromatic carbocycles. The Hall–Kier alpha value is -0.770. The van der Waals surface area contributed by atoms with Gasteiger partial charge in [0.25, 0.3) is 0 Å². The van der Waals surface area contributed by atoms with Crippen LogP contribution in [-0.2, 0) is 0 Å². The molecule has 0 radical (unpaired) electrons. The van der Waals surface area contributed by atoms with Gasteiger partial charge in [0.2, 0.25) is 0 Å². The van der Waals surface area contributed by atoms with Crippen LogP contribution in [0.3, 0.4) is 0 Å². The van der Waals surface area contributed by atoms with E-state index in [0.717, 1.165) is 12.8 Å². The number of carboxylic acid groups (broad SMARTS) is 1. The van der Waals surface area contributed by atoms with Crippen molar-refractivity contribution in [3.8, 4) is 0 Å². The number of carbonyl (C=O) groups is 1. The van der Waals surface area contributed by atoms with Crippen molar-refractivity contribution in [2.24, 2.45) is 0 Å². The number of rotatable bonds is 2. The summed E-state index contributed by atoms with van der Waals surface area (Å²) in [5, 5.41) is 12.6. The maximum Gasteiger partial charge on any atom is 0.407 e. The zero-order valence-electron chi connectivity index (χ0n) is 10.5. The third-order valence-electron chi connectivity index (χ3n) is 4.09. The van der Waals surface area contributed by atoms with Gasteiger partial charge in [0, 0.05) is 25.2 Å². The number of likely N-dealkylation sites (tertiary alicyclic amines) is 1. The molecule has 1 saturated heterocycles. The van der Waals surface area contributed by atoms with E-state index < -0.39 is 6.09 Å². The first-order valence-electron chi connectivity index (χ1n) is 6.99. The second kappa shape index (κ2) is 6.24. The average molecular weight is 240 g/mol. The summed E-state index contributed by atoms with van der Waals surface area (Å²) in [6.45, 7) is 1.39. The molecule has 0 aromatic rings. The number of hydrogen-bond donors (Lipinski definition) is 2. The van der Waals surface area contributed by atoms with Crippen molar-refractivity contribution in [3.63, 3.8) is 0 Å². The second-order valence-electron chi connectivity index (χ2n) is 5.40. The van der Waals surface area contributed by atoms with Crippen LogP contribution in [0, 0.1) is 0 Å². The van der Waals surface area contributed by atoms with Crippen LogP contribution in [0.15, 0.2) is 0 Å². The van der Waals surface area contributed by atoms with Crippen molar-refractivity contribution in [2.75, 3.05) is 13.1 Å². The minimum atomic E-state index is -0.766. The van der Waals surface area contributed by atoms with E-state index in [9.17, 15) is 4.79 Å². The Morgan fingerprint density at radius 2 is 1.47 bits per heavy atom. The van der Waals surface area contributed by atoms with Gasteiger partial charge in [-0.15, -0.1) is 0 Å². The van der Waals surface area contributed by atoms with Crippen molar-refractivity contribution in [2.45, 2.75) is 63.5 Å². The molecule has 4 nitrogen and oxygen atoms in total. The van der Waals surface area contributed by atoms with E-state index in [1.165, 1.54) is 43.4 Å². The molecule has 0 bridgehead atoms. The minimum Gasteiger partial charge on any atom is -0.465 e. The molecule has 2 fully saturated rings. The molecular formula is C13H24N2O2. The Bertz CT molecular complexity index is 242. The Kier molecular flexibility index (Phi) is 4.66. The topological polar surface area (TPSA) is 52.6 Å². The van der Waals surface area contributed by atoms with Gasteiger partial charge in [0.15, 0.2) is 0 Å². The maximum atomic E-state index is 10.8. The Morgan fingerprint density at radius 3 is 2.00 bits per heavy atom. The molecule has 2 N–H and O–H groups in total. The third-order valence-corrected chi connectivity index (χ3v) is 4.09. The fourth-order valence-corrected chi connectivity index (χ4v) is 3.02. The van der Waals surface area contributed by atoms with Crippen LogP contribution in [0.5, 0.6) is 0 Å². The first-order chi connectivity index (χ1) is 8.25. The SMILES string of the molecule is O=C(O)N1CCC(NC2CCCCCC2)CC1. The lowest BCUT2D eigenvalue weighted by molar-refractivity contribution is 0.127. The quantitative estimate of drug-likeness (QED) is 0.729. The summed E-state index contributed by atoms with van der Waals surface area (Å²) in [7, 11) is 0. The Balaban J connectivity index is 1.71. The van der Waals surface area contributed by atoms with Gasteiger partial charge in [0.05, 0.1) is 0 Å². The van der Waals surface area contributed by atoms with Crippen LogP contribution in [-0.4, -0.2) is 41.3 Å². The Morgan fingerprint density at radius 1 is 0.941 bits per heavy atom. The molecule has 0 atom stereocenters. The molecule has 1 saturated carbocycles. The van der Waals surface area contributed by atoms with Crippen LogP contribution in [0.1, 0.15) is 51.4 Å². The lowest BCUT2D eigenvalue weighted by atomic mass is 10.0. The highest BCUT2D eigenvalue weighted by Crippen LogP contribution is 2.19. The molecule has 2 rings (SSSR count). The molecule has 0 unspecified atom stereocenters. The minimum absolute atomic E-state index is 0.536. The first kappa shape index (κ1) is 12.7. The van der Waals surface area contributed by atoms with E-state index in [1.807, 2.05) is 0 Å². The van der Waals surface area contributed by atoms with Crippen molar-refractivity contribution < 1.29 is 9.90 Å². The van der Waals surface area contributed by atoms with Crippen molar-refractivity contribution in [3.05, 3.63) is 0 Å². The molecule has 17 heavy (non-hydrogen) atoms. The molecule has 0 aromatic heterocycles.